The number of ether oxygens (including phenoxy) is 1. The summed E-state index contributed by atoms with van der Waals surface area (Å²) in [4.78, 5) is 23.6. The maximum absolute atomic E-state index is 11.8. The summed E-state index contributed by atoms with van der Waals surface area (Å²) in [5.41, 5.74) is 0. The van der Waals surface area contributed by atoms with E-state index in [4.69, 9.17) is 4.74 Å². The van der Waals surface area contributed by atoms with Gasteiger partial charge in [0, 0.05) is 12.2 Å². The van der Waals surface area contributed by atoms with Gasteiger partial charge in [-0.1, -0.05) is 204 Å². The Balaban J connectivity index is 3.53. The van der Waals surface area contributed by atoms with Gasteiger partial charge in [0.15, 0.2) is 0 Å². The van der Waals surface area contributed by atoms with Gasteiger partial charge in [0.1, 0.15) is 0 Å². The summed E-state index contributed by atoms with van der Waals surface area (Å²) in [6.45, 7) is 4.55. The highest BCUT2D eigenvalue weighted by Gasteiger charge is 2.02. The molecule has 248 valence electrons. The molecular weight excluding hydrogens is 528 g/mol. The van der Waals surface area contributed by atoms with Crippen LogP contribution in [0.2, 0.25) is 0 Å². The van der Waals surface area contributed by atoms with Crippen LogP contribution in [0.1, 0.15) is 194 Å². The average molecular weight is 599 g/mol. The molecule has 0 unspecified atom stereocenters. The zero-order valence-corrected chi connectivity index (χ0v) is 28.6. The molecule has 0 aromatic rings. The van der Waals surface area contributed by atoms with Crippen molar-refractivity contribution in [2.24, 2.45) is 0 Å². The molecule has 0 aliphatic rings. The van der Waals surface area contributed by atoms with Crippen LogP contribution in [-0.4, -0.2) is 11.9 Å². The van der Waals surface area contributed by atoms with Crippen LogP contribution in [-0.2, 0) is 14.3 Å². The Labute approximate surface area is 268 Å². The van der Waals surface area contributed by atoms with Crippen LogP contribution in [0.4, 0.5) is 0 Å². The minimum absolute atomic E-state index is 0.629. The number of carbonyl (C=O) groups excluding carboxylic acids is 2. The lowest BCUT2D eigenvalue weighted by molar-refractivity contribution is -0.152. The summed E-state index contributed by atoms with van der Waals surface area (Å²) in [6, 6.07) is 0. The molecule has 0 aliphatic heterocycles. The lowest BCUT2D eigenvalue weighted by Gasteiger charge is -2.02. The van der Waals surface area contributed by atoms with Crippen molar-refractivity contribution in [2.45, 2.75) is 194 Å². The fraction of sp³-hybridized carbons (Fsp3) is 0.750. The van der Waals surface area contributed by atoms with E-state index in [-0.39, 0.29) is 0 Å². The molecule has 0 atom stereocenters. The van der Waals surface area contributed by atoms with Gasteiger partial charge in [-0.05, 0) is 25.7 Å². The molecule has 0 spiro atoms. The molecule has 43 heavy (non-hydrogen) atoms. The van der Waals surface area contributed by atoms with Crippen LogP contribution in [0, 0.1) is 0 Å². The molecule has 3 heteroatoms. The number of esters is 2. The Hall–Kier alpha value is -1.90. The van der Waals surface area contributed by atoms with Gasteiger partial charge in [0.05, 0.1) is 0 Å². The van der Waals surface area contributed by atoms with E-state index in [2.05, 4.69) is 26.0 Å². The van der Waals surface area contributed by atoms with Crippen LogP contribution in [0.5, 0.6) is 0 Å². The molecule has 0 saturated heterocycles. The molecular formula is C40H70O3. The summed E-state index contributed by atoms with van der Waals surface area (Å²) < 4.78 is 4.79. The van der Waals surface area contributed by atoms with Crippen molar-refractivity contribution in [3.63, 3.8) is 0 Å². The van der Waals surface area contributed by atoms with E-state index in [1.54, 1.807) is 12.2 Å². The lowest BCUT2D eigenvalue weighted by Crippen LogP contribution is -2.06. The average Bonchev–Trinajstić information content (AvgIpc) is 3.00. The van der Waals surface area contributed by atoms with Gasteiger partial charge >= 0.3 is 11.9 Å². The molecule has 0 heterocycles. The van der Waals surface area contributed by atoms with E-state index in [0.29, 0.717) is 0 Å². The Morgan fingerprint density at radius 3 is 0.907 bits per heavy atom. The van der Waals surface area contributed by atoms with Gasteiger partial charge in [0.25, 0.3) is 0 Å². The highest BCUT2D eigenvalue weighted by molar-refractivity contribution is 5.96. The number of carbonyl (C=O) groups is 2. The SMILES string of the molecule is CCCCCCCCCCCCCCCC=CC=CC(=O)OC(=O)C=CC=CCCCCCCCCCCCCCCC. The van der Waals surface area contributed by atoms with Crippen molar-refractivity contribution in [1.82, 2.24) is 0 Å². The maximum Gasteiger partial charge on any atom is 0.338 e. The summed E-state index contributed by atoms with van der Waals surface area (Å²) in [5.74, 6) is -1.26. The molecule has 0 aromatic carbocycles. The summed E-state index contributed by atoms with van der Waals surface area (Å²) in [6.07, 6.45) is 51.2. The third-order valence-electron chi connectivity index (χ3n) is 8.11. The van der Waals surface area contributed by atoms with Gasteiger partial charge in [-0.2, -0.15) is 0 Å². The van der Waals surface area contributed by atoms with E-state index >= 15 is 0 Å². The number of unbranched alkanes of at least 4 members (excludes halogenated alkanes) is 26. The Morgan fingerprint density at radius 1 is 0.372 bits per heavy atom. The van der Waals surface area contributed by atoms with Crippen LogP contribution >= 0.6 is 0 Å². The number of rotatable bonds is 32. The molecule has 3 nitrogen and oxygen atoms in total. The van der Waals surface area contributed by atoms with Crippen molar-refractivity contribution in [2.75, 3.05) is 0 Å². The number of hydrogen-bond acceptors (Lipinski definition) is 3. The lowest BCUT2D eigenvalue weighted by atomic mass is 10.0. The first kappa shape index (κ1) is 41.1. The molecule has 0 aromatic heterocycles. The topological polar surface area (TPSA) is 43.4 Å². The third kappa shape index (κ3) is 36.2. The van der Waals surface area contributed by atoms with Crippen molar-refractivity contribution in [3.8, 4) is 0 Å². The smallest absolute Gasteiger partial charge is 0.338 e. The first-order valence-electron chi connectivity index (χ1n) is 18.6. The van der Waals surface area contributed by atoms with E-state index < -0.39 is 11.9 Å². The van der Waals surface area contributed by atoms with E-state index in [0.717, 1.165) is 12.8 Å². The summed E-state index contributed by atoms with van der Waals surface area (Å²) in [7, 11) is 0. The molecule has 0 saturated carbocycles. The molecule has 0 rings (SSSR count). The van der Waals surface area contributed by atoms with Crippen molar-refractivity contribution < 1.29 is 14.3 Å². The van der Waals surface area contributed by atoms with Crippen molar-refractivity contribution >= 4 is 11.9 Å². The molecule has 0 fully saturated rings. The number of allylic oxidation sites excluding steroid dienone is 6. The Kier molecular flexibility index (Phi) is 34.7. The fourth-order valence-electron chi connectivity index (χ4n) is 5.34. The normalized spacial score (nSPS) is 12.0. The second kappa shape index (κ2) is 36.3. The summed E-state index contributed by atoms with van der Waals surface area (Å²) in [5, 5.41) is 0. The third-order valence-corrected chi connectivity index (χ3v) is 8.11. The first-order chi connectivity index (χ1) is 21.2. The Bertz CT molecular complexity index is 655. The summed E-state index contributed by atoms with van der Waals surface area (Å²) >= 11 is 0. The first-order valence-corrected chi connectivity index (χ1v) is 18.6. The van der Waals surface area contributed by atoms with Gasteiger partial charge in [-0.3, -0.25) is 0 Å². The second-order valence-electron chi connectivity index (χ2n) is 12.4. The van der Waals surface area contributed by atoms with E-state index in [1.165, 1.54) is 179 Å². The second-order valence-corrected chi connectivity index (χ2v) is 12.4. The quantitative estimate of drug-likeness (QED) is 0.0254. The Morgan fingerprint density at radius 2 is 0.628 bits per heavy atom. The highest BCUT2D eigenvalue weighted by atomic mass is 16.6. The minimum atomic E-state index is -0.629. The zero-order valence-electron chi connectivity index (χ0n) is 28.6. The van der Waals surface area contributed by atoms with Crippen LogP contribution in [0.15, 0.2) is 48.6 Å². The maximum atomic E-state index is 11.8. The van der Waals surface area contributed by atoms with Gasteiger partial charge in [0.2, 0.25) is 0 Å². The predicted octanol–water partition coefficient (Wildman–Crippen LogP) is 13.2. The highest BCUT2D eigenvalue weighted by Crippen LogP contribution is 2.14. The van der Waals surface area contributed by atoms with Crippen LogP contribution < -0.4 is 0 Å². The van der Waals surface area contributed by atoms with Gasteiger partial charge in [-0.15, -0.1) is 0 Å². The molecule has 0 radical (unpaired) electrons. The van der Waals surface area contributed by atoms with Gasteiger partial charge in [-0.25, -0.2) is 9.59 Å². The molecule has 0 N–H and O–H groups in total. The van der Waals surface area contributed by atoms with E-state index in [1.807, 2.05) is 12.2 Å². The largest absolute Gasteiger partial charge is 0.387 e. The number of hydrogen-bond donors (Lipinski definition) is 0. The van der Waals surface area contributed by atoms with Gasteiger partial charge < -0.3 is 4.74 Å². The molecule has 0 bridgehead atoms. The van der Waals surface area contributed by atoms with Crippen molar-refractivity contribution in [3.05, 3.63) is 48.6 Å². The standard InChI is InChI=1S/C40H70O3/c1-3-5-7-9-11-13-15-17-19-21-23-25-27-29-31-33-35-37-39(41)43-40(42)38-36-34-32-30-28-26-24-22-20-18-16-14-12-10-8-6-4-2/h31-38H,3-30H2,1-2H3. The zero-order chi connectivity index (χ0) is 31.3. The van der Waals surface area contributed by atoms with Crippen molar-refractivity contribution in [1.29, 1.82) is 0 Å². The van der Waals surface area contributed by atoms with Crippen LogP contribution in [0.25, 0.3) is 0 Å². The predicted molar refractivity (Wildman–Crippen MR) is 188 cm³/mol. The fourth-order valence-corrected chi connectivity index (χ4v) is 5.34. The van der Waals surface area contributed by atoms with E-state index in [9.17, 15) is 9.59 Å². The minimum Gasteiger partial charge on any atom is -0.387 e. The monoisotopic (exact) mass is 599 g/mol. The van der Waals surface area contributed by atoms with Crippen LogP contribution in [0.3, 0.4) is 0 Å². The molecule has 0 amide bonds. The molecule has 0 aliphatic carbocycles.